The van der Waals surface area contributed by atoms with Crippen LogP contribution >= 0.6 is 0 Å². The summed E-state index contributed by atoms with van der Waals surface area (Å²) in [6.45, 7) is 3.65. The van der Waals surface area contributed by atoms with Gasteiger partial charge in [0.25, 0.3) is 0 Å². The molecule has 1 fully saturated rings. The number of nitrogens with two attached hydrogens (primary N) is 1. The van der Waals surface area contributed by atoms with E-state index in [1.807, 2.05) is 6.07 Å². The largest absolute Gasteiger partial charge is 0.494 e. The maximum absolute atomic E-state index is 6.15. The third-order valence-electron chi connectivity index (χ3n) is 4.46. The third-order valence-corrected chi connectivity index (χ3v) is 4.46. The van der Waals surface area contributed by atoms with E-state index in [0.717, 1.165) is 25.3 Å². The number of benzene rings is 1. The van der Waals surface area contributed by atoms with E-state index in [-0.39, 0.29) is 6.04 Å². The molecule has 114 valence electrons. The van der Waals surface area contributed by atoms with E-state index in [2.05, 4.69) is 35.0 Å². The average Bonchev–Trinajstić information content (AvgIpc) is 3.14. The van der Waals surface area contributed by atoms with Crippen LogP contribution in [-0.4, -0.2) is 30.1 Å². The van der Waals surface area contributed by atoms with Crippen molar-refractivity contribution in [2.75, 3.05) is 13.2 Å². The molecule has 4 nitrogen and oxygen atoms in total. The Morgan fingerprint density at radius 2 is 2.14 bits per heavy atom. The average molecular weight is 287 g/mol. The molecular weight excluding hydrogens is 262 g/mol. The lowest BCUT2D eigenvalue weighted by Crippen LogP contribution is -2.42. The van der Waals surface area contributed by atoms with E-state index in [0.29, 0.717) is 12.0 Å². The molecule has 0 aromatic heterocycles. The van der Waals surface area contributed by atoms with Gasteiger partial charge < -0.3 is 15.4 Å². The molecule has 1 unspecified atom stereocenters. The molecule has 3 rings (SSSR count). The molecule has 1 heterocycles. The van der Waals surface area contributed by atoms with Crippen molar-refractivity contribution >= 4 is 5.96 Å². The van der Waals surface area contributed by atoms with Gasteiger partial charge in [0.05, 0.1) is 19.2 Å². The molecule has 0 spiro atoms. The Labute approximate surface area is 127 Å². The summed E-state index contributed by atoms with van der Waals surface area (Å²) < 4.78 is 5.76. The van der Waals surface area contributed by atoms with Gasteiger partial charge in [-0.1, -0.05) is 31.9 Å². The molecule has 21 heavy (non-hydrogen) atoms. The molecule has 4 heteroatoms. The number of aliphatic imine (C=N–C) groups is 1. The van der Waals surface area contributed by atoms with Crippen LogP contribution in [0.25, 0.3) is 0 Å². The number of hydrogen-bond donors (Lipinski definition) is 1. The minimum absolute atomic E-state index is 0.276. The Morgan fingerprint density at radius 1 is 1.33 bits per heavy atom. The second-order valence-electron chi connectivity index (χ2n) is 5.98. The molecule has 0 bridgehead atoms. The lowest BCUT2D eigenvalue weighted by molar-refractivity contribution is 0.261. The molecule has 2 N–H and O–H groups in total. The van der Waals surface area contributed by atoms with Gasteiger partial charge in [-0.15, -0.1) is 0 Å². The predicted octanol–water partition coefficient (Wildman–Crippen LogP) is 3.09. The smallest absolute Gasteiger partial charge is 0.192 e. The summed E-state index contributed by atoms with van der Waals surface area (Å²) in [5.74, 6) is 1.66. The van der Waals surface area contributed by atoms with Gasteiger partial charge in [-0.2, -0.15) is 0 Å². The highest BCUT2D eigenvalue weighted by Gasteiger charge is 2.34. The molecule has 0 amide bonds. The molecular formula is C17H25N3O. The van der Waals surface area contributed by atoms with Gasteiger partial charge in [0.1, 0.15) is 5.75 Å². The fourth-order valence-corrected chi connectivity index (χ4v) is 3.43. The molecule has 0 saturated heterocycles. The van der Waals surface area contributed by atoms with Crippen molar-refractivity contribution in [3.8, 4) is 5.75 Å². The number of ether oxygens (including phenoxy) is 1. The second-order valence-corrected chi connectivity index (χ2v) is 5.98. The van der Waals surface area contributed by atoms with E-state index >= 15 is 0 Å². The Kier molecular flexibility index (Phi) is 4.32. The Bertz CT molecular complexity index is 509. The standard InChI is InChI=1S/C17H25N3O/c1-2-10-21-15-9-5-6-13(11-15)16-12-19-17(18)20(16)14-7-3-4-8-14/h5-6,9,11,14,16H,2-4,7-8,10,12H2,1H3,(H2,18,19). The summed E-state index contributed by atoms with van der Waals surface area (Å²) in [6, 6.07) is 9.25. The van der Waals surface area contributed by atoms with Gasteiger partial charge in [-0.05, 0) is 37.0 Å². The van der Waals surface area contributed by atoms with Gasteiger partial charge in [0.2, 0.25) is 0 Å². The van der Waals surface area contributed by atoms with E-state index in [1.54, 1.807) is 0 Å². The lowest BCUT2D eigenvalue weighted by Gasteiger charge is -2.32. The molecule has 0 radical (unpaired) electrons. The van der Waals surface area contributed by atoms with E-state index < -0.39 is 0 Å². The monoisotopic (exact) mass is 287 g/mol. The van der Waals surface area contributed by atoms with E-state index in [9.17, 15) is 0 Å². The normalized spacial score (nSPS) is 22.6. The zero-order valence-electron chi connectivity index (χ0n) is 12.8. The Hall–Kier alpha value is -1.71. The molecule has 2 aliphatic rings. The van der Waals surface area contributed by atoms with Crippen LogP contribution < -0.4 is 10.5 Å². The first-order valence-corrected chi connectivity index (χ1v) is 8.10. The van der Waals surface area contributed by atoms with Gasteiger partial charge >= 0.3 is 0 Å². The van der Waals surface area contributed by atoms with E-state index in [4.69, 9.17) is 10.5 Å². The quantitative estimate of drug-likeness (QED) is 0.905. The van der Waals surface area contributed by atoms with Gasteiger partial charge in [0, 0.05) is 6.04 Å². The zero-order valence-corrected chi connectivity index (χ0v) is 12.8. The van der Waals surface area contributed by atoms with E-state index in [1.165, 1.54) is 31.2 Å². The Morgan fingerprint density at radius 3 is 2.90 bits per heavy atom. The fraction of sp³-hybridized carbons (Fsp3) is 0.588. The van der Waals surface area contributed by atoms with Crippen LogP contribution in [0.2, 0.25) is 0 Å². The van der Waals surface area contributed by atoms with Gasteiger partial charge in [0.15, 0.2) is 5.96 Å². The first-order chi connectivity index (χ1) is 10.3. The molecule has 1 saturated carbocycles. The summed E-state index contributed by atoms with van der Waals surface area (Å²) in [4.78, 5) is 6.83. The maximum atomic E-state index is 6.15. The number of guanidine groups is 1. The van der Waals surface area contributed by atoms with Crippen LogP contribution in [0, 0.1) is 0 Å². The maximum Gasteiger partial charge on any atom is 0.192 e. The minimum Gasteiger partial charge on any atom is -0.494 e. The zero-order chi connectivity index (χ0) is 14.7. The first-order valence-electron chi connectivity index (χ1n) is 8.10. The predicted molar refractivity (Wildman–Crippen MR) is 85.6 cm³/mol. The molecule has 1 aromatic carbocycles. The van der Waals surface area contributed by atoms with Crippen molar-refractivity contribution in [2.24, 2.45) is 10.7 Å². The van der Waals surface area contributed by atoms with Crippen LogP contribution in [0.1, 0.15) is 50.6 Å². The molecule has 1 atom stereocenters. The van der Waals surface area contributed by atoms with Crippen LogP contribution in [0.3, 0.4) is 0 Å². The van der Waals surface area contributed by atoms with Crippen LogP contribution in [0.4, 0.5) is 0 Å². The number of hydrogen-bond acceptors (Lipinski definition) is 4. The first kappa shape index (κ1) is 14.2. The van der Waals surface area contributed by atoms with Crippen molar-refractivity contribution in [1.29, 1.82) is 0 Å². The van der Waals surface area contributed by atoms with Crippen molar-refractivity contribution in [2.45, 2.75) is 51.1 Å². The highest BCUT2D eigenvalue weighted by atomic mass is 16.5. The SMILES string of the molecule is CCCOc1cccc(C2CN=C(N)N2C2CCCC2)c1. The number of rotatable bonds is 5. The van der Waals surface area contributed by atoms with Crippen LogP contribution in [0.5, 0.6) is 5.75 Å². The second kappa shape index (κ2) is 6.37. The summed E-state index contributed by atoms with van der Waals surface area (Å²) in [5, 5.41) is 0. The lowest BCUT2D eigenvalue weighted by atomic mass is 10.0. The van der Waals surface area contributed by atoms with Crippen molar-refractivity contribution in [3.63, 3.8) is 0 Å². The highest BCUT2D eigenvalue weighted by Crippen LogP contribution is 2.34. The molecule has 1 aliphatic carbocycles. The Balaban J connectivity index is 1.78. The summed E-state index contributed by atoms with van der Waals surface area (Å²) >= 11 is 0. The minimum atomic E-state index is 0.276. The van der Waals surface area contributed by atoms with Crippen LogP contribution in [-0.2, 0) is 0 Å². The highest BCUT2D eigenvalue weighted by molar-refractivity contribution is 5.80. The van der Waals surface area contributed by atoms with Crippen molar-refractivity contribution in [3.05, 3.63) is 29.8 Å². The van der Waals surface area contributed by atoms with Gasteiger partial charge in [-0.3, -0.25) is 4.99 Å². The molecule has 1 aromatic rings. The molecule has 1 aliphatic heterocycles. The number of nitrogens with zero attached hydrogens (tertiary/aromatic N) is 2. The third kappa shape index (κ3) is 2.99. The van der Waals surface area contributed by atoms with Gasteiger partial charge in [-0.25, -0.2) is 0 Å². The van der Waals surface area contributed by atoms with Crippen molar-refractivity contribution in [1.82, 2.24) is 4.90 Å². The fourth-order valence-electron chi connectivity index (χ4n) is 3.43. The summed E-state index contributed by atoms with van der Waals surface area (Å²) in [5.41, 5.74) is 7.41. The van der Waals surface area contributed by atoms with Crippen molar-refractivity contribution < 1.29 is 4.74 Å². The summed E-state index contributed by atoms with van der Waals surface area (Å²) in [6.07, 6.45) is 6.11. The summed E-state index contributed by atoms with van der Waals surface area (Å²) in [7, 11) is 0. The topological polar surface area (TPSA) is 50.9 Å². The van der Waals surface area contributed by atoms with Crippen LogP contribution in [0.15, 0.2) is 29.3 Å².